The number of phenolic OH excluding ortho intramolecular Hbond substituents is 1. The number of nitrogens with one attached hydrogen (secondary N) is 1. The number of para-hydroxylation sites is 1. The molecule has 1 saturated heterocycles. The zero-order valence-electron chi connectivity index (χ0n) is 9.36. The molecule has 0 unspecified atom stereocenters. The van der Waals surface area contributed by atoms with E-state index in [2.05, 4.69) is 5.32 Å². The molecule has 0 bridgehead atoms. The van der Waals surface area contributed by atoms with Gasteiger partial charge in [0.2, 0.25) is 0 Å². The fourth-order valence-corrected chi connectivity index (χ4v) is 1.88. The van der Waals surface area contributed by atoms with Crippen LogP contribution in [0.5, 0.6) is 11.5 Å². The van der Waals surface area contributed by atoms with Crippen LogP contribution < -0.4 is 10.1 Å². The summed E-state index contributed by atoms with van der Waals surface area (Å²) in [6.45, 7) is 3.54. The molecule has 16 heavy (non-hydrogen) atoms. The van der Waals surface area contributed by atoms with Crippen molar-refractivity contribution in [2.45, 2.75) is 18.9 Å². The van der Waals surface area contributed by atoms with Crippen LogP contribution >= 0.6 is 0 Å². The number of β-amino-alcohol motifs (C(OH)–C–C–N with tert-alkyl or cyclic N) is 1. The first-order valence-electron chi connectivity index (χ1n) is 5.51. The monoisotopic (exact) mass is 223 g/mol. The lowest BCUT2D eigenvalue weighted by atomic mass is 9.89. The van der Waals surface area contributed by atoms with Gasteiger partial charge in [0.25, 0.3) is 0 Å². The van der Waals surface area contributed by atoms with E-state index in [0.29, 0.717) is 31.9 Å². The summed E-state index contributed by atoms with van der Waals surface area (Å²) in [6, 6.07) is 5.37. The van der Waals surface area contributed by atoms with Gasteiger partial charge in [-0.2, -0.15) is 0 Å². The molecule has 2 rings (SSSR count). The maximum Gasteiger partial charge on any atom is 0.161 e. The van der Waals surface area contributed by atoms with E-state index in [1.165, 1.54) is 0 Å². The molecule has 1 aromatic carbocycles. The highest BCUT2D eigenvalue weighted by molar-refractivity contribution is 5.46. The Hall–Kier alpha value is -1.26. The van der Waals surface area contributed by atoms with Gasteiger partial charge in [-0.15, -0.1) is 0 Å². The van der Waals surface area contributed by atoms with Crippen LogP contribution in [0.3, 0.4) is 0 Å². The number of aliphatic hydroxyl groups is 1. The molecule has 0 radical (unpaired) electrons. The largest absolute Gasteiger partial charge is 0.504 e. The van der Waals surface area contributed by atoms with Gasteiger partial charge in [-0.25, -0.2) is 0 Å². The second-order valence-electron chi connectivity index (χ2n) is 4.20. The smallest absolute Gasteiger partial charge is 0.161 e. The summed E-state index contributed by atoms with van der Waals surface area (Å²) in [5.74, 6) is 0.626. The highest BCUT2D eigenvalue weighted by Crippen LogP contribution is 2.32. The lowest BCUT2D eigenvalue weighted by molar-refractivity contribution is -0.00949. The predicted molar refractivity (Wildman–Crippen MR) is 60.8 cm³/mol. The standard InChI is InChI=1S/C12H17NO3/c1-2-16-10-5-3-4-9(11(10)14)6-12(15)7-13-8-12/h3-5,13-15H,2,6-8H2,1H3. The molecule has 1 aliphatic heterocycles. The number of aromatic hydroxyl groups is 1. The molecular weight excluding hydrogens is 206 g/mol. The van der Waals surface area contributed by atoms with Crippen molar-refractivity contribution in [2.75, 3.05) is 19.7 Å². The molecule has 88 valence electrons. The maximum absolute atomic E-state index is 9.99. The minimum Gasteiger partial charge on any atom is -0.504 e. The second kappa shape index (κ2) is 4.31. The Morgan fingerprint density at radius 2 is 2.19 bits per heavy atom. The highest BCUT2D eigenvalue weighted by atomic mass is 16.5. The van der Waals surface area contributed by atoms with Crippen molar-refractivity contribution in [3.63, 3.8) is 0 Å². The van der Waals surface area contributed by atoms with Crippen LogP contribution in [0.1, 0.15) is 12.5 Å². The maximum atomic E-state index is 9.99. The first-order valence-corrected chi connectivity index (χ1v) is 5.51. The van der Waals surface area contributed by atoms with Crippen LogP contribution in [0.15, 0.2) is 18.2 Å². The van der Waals surface area contributed by atoms with Gasteiger partial charge >= 0.3 is 0 Å². The molecule has 1 fully saturated rings. The van der Waals surface area contributed by atoms with E-state index in [1.807, 2.05) is 19.1 Å². The zero-order chi connectivity index (χ0) is 11.6. The predicted octanol–water partition coefficient (Wildman–Crippen LogP) is 0.668. The average molecular weight is 223 g/mol. The number of phenols is 1. The second-order valence-corrected chi connectivity index (χ2v) is 4.20. The number of benzene rings is 1. The lowest BCUT2D eigenvalue weighted by Crippen LogP contribution is -2.60. The van der Waals surface area contributed by atoms with E-state index in [4.69, 9.17) is 4.74 Å². The molecule has 0 amide bonds. The summed E-state index contributed by atoms with van der Waals surface area (Å²) >= 11 is 0. The van der Waals surface area contributed by atoms with E-state index in [1.54, 1.807) is 6.07 Å². The number of ether oxygens (including phenoxy) is 1. The Kier molecular flexibility index (Phi) is 3.03. The Morgan fingerprint density at radius 1 is 1.44 bits per heavy atom. The third-order valence-electron chi connectivity index (χ3n) is 2.81. The molecule has 1 heterocycles. The minimum atomic E-state index is -0.720. The van der Waals surface area contributed by atoms with Gasteiger partial charge in [0, 0.05) is 25.1 Å². The minimum absolute atomic E-state index is 0.143. The Morgan fingerprint density at radius 3 is 2.75 bits per heavy atom. The molecule has 0 aliphatic carbocycles. The molecule has 3 N–H and O–H groups in total. The first kappa shape index (κ1) is 11.2. The van der Waals surface area contributed by atoms with Crippen molar-refractivity contribution in [2.24, 2.45) is 0 Å². The molecule has 4 heteroatoms. The fourth-order valence-electron chi connectivity index (χ4n) is 1.88. The van der Waals surface area contributed by atoms with Crippen molar-refractivity contribution in [1.82, 2.24) is 5.32 Å². The topological polar surface area (TPSA) is 61.7 Å². The van der Waals surface area contributed by atoms with E-state index >= 15 is 0 Å². The quantitative estimate of drug-likeness (QED) is 0.702. The lowest BCUT2D eigenvalue weighted by Gasteiger charge is -2.37. The van der Waals surface area contributed by atoms with Crippen LogP contribution in [0, 0.1) is 0 Å². The van der Waals surface area contributed by atoms with E-state index in [-0.39, 0.29) is 5.75 Å². The van der Waals surface area contributed by atoms with Crippen molar-refractivity contribution in [3.05, 3.63) is 23.8 Å². The molecule has 0 saturated carbocycles. The summed E-state index contributed by atoms with van der Waals surface area (Å²) in [7, 11) is 0. The summed E-state index contributed by atoms with van der Waals surface area (Å²) in [5, 5.41) is 23.0. The Labute approximate surface area is 94.9 Å². The normalized spacial score (nSPS) is 17.9. The number of hydrogen-bond donors (Lipinski definition) is 3. The van der Waals surface area contributed by atoms with Crippen LogP contribution in [-0.2, 0) is 6.42 Å². The first-order chi connectivity index (χ1) is 7.64. The van der Waals surface area contributed by atoms with E-state index in [9.17, 15) is 10.2 Å². The summed E-state index contributed by atoms with van der Waals surface area (Å²) < 4.78 is 5.30. The highest BCUT2D eigenvalue weighted by Gasteiger charge is 2.35. The van der Waals surface area contributed by atoms with E-state index in [0.717, 1.165) is 5.56 Å². The van der Waals surface area contributed by atoms with Crippen LogP contribution in [0.2, 0.25) is 0 Å². The molecule has 0 spiro atoms. The molecule has 0 atom stereocenters. The molecule has 1 aliphatic rings. The molecule has 4 nitrogen and oxygen atoms in total. The van der Waals surface area contributed by atoms with Gasteiger partial charge in [-0.05, 0) is 13.0 Å². The van der Waals surface area contributed by atoms with Gasteiger partial charge in [0.1, 0.15) is 0 Å². The van der Waals surface area contributed by atoms with E-state index < -0.39 is 5.60 Å². The van der Waals surface area contributed by atoms with Gasteiger partial charge in [0.05, 0.1) is 12.2 Å². The van der Waals surface area contributed by atoms with Gasteiger partial charge in [-0.1, -0.05) is 12.1 Å². The molecule has 1 aromatic rings. The zero-order valence-corrected chi connectivity index (χ0v) is 9.36. The van der Waals surface area contributed by atoms with Gasteiger partial charge in [0.15, 0.2) is 11.5 Å². The fraction of sp³-hybridized carbons (Fsp3) is 0.500. The van der Waals surface area contributed by atoms with Crippen LogP contribution in [-0.4, -0.2) is 35.5 Å². The third kappa shape index (κ3) is 2.13. The number of rotatable bonds is 4. The molecule has 0 aromatic heterocycles. The Bertz CT molecular complexity index is 375. The molecular formula is C12H17NO3. The summed E-state index contributed by atoms with van der Waals surface area (Å²) in [5.41, 5.74) is 0.0115. The SMILES string of the molecule is CCOc1cccc(CC2(O)CNC2)c1O. The van der Waals surface area contributed by atoms with Crippen LogP contribution in [0.25, 0.3) is 0 Å². The van der Waals surface area contributed by atoms with Crippen molar-refractivity contribution >= 4 is 0 Å². The Balaban J connectivity index is 2.17. The average Bonchev–Trinajstić information content (AvgIpc) is 2.22. The number of hydrogen-bond acceptors (Lipinski definition) is 4. The van der Waals surface area contributed by atoms with Gasteiger partial charge in [-0.3, -0.25) is 0 Å². The summed E-state index contributed by atoms with van der Waals surface area (Å²) in [6.07, 6.45) is 0.451. The summed E-state index contributed by atoms with van der Waals surface area (Å²) in [4.78, 5) is 0. The van der Waals surface area contributed by atoms with Crippen molar-refractivity contribution in [1.29, 1.82) is 0 Å². The van der Waals surface area contributed by atoms with Crippen molar-refractivity contribution < 1.29 is 14.9 Å². The van der Waals surface area contributed by atoms with Gasteiger partial charge < -0.3 is 20.3 Å². The van der Waals surface area contributed by atoms with Crippen molar-refractivity contribution in [3.8, 4) is 11.5 Å². The van der Waals surface area contributed by atoms with Crippen LogP contribution in [0.4, 0.5) is 0 Å². The third-order valence-corrected chi connectivity index (χ3v) is 2.81.